The Labute approximate surface area is 90.6 Å². The van der Waals surface area contributed by atoms with E-state index in [9.17, 15) is 0 Å². The number of ether oxygens (including phenoxy) is 2. The average Bonchev–Trinajstić information content (AvgIpc) is 3.10. The highest BCUT2D eigenvalue weighted by molar-refractivity contribution is 5.30. The van der Waals surface area contributed by atoms with Crippen molar-refractivity contribution in [3.05, 3.63) is 11.1 Å². The van der Waals surface area contributed by atoms with Crippen molar-refractivity contribution < 1.29 is 9.47 Å². The average molecular weight is 206 g/mol. The third kappa shape index (κ3) is 1.31. The van der Waals surface area contributed by atoms with Gasteiger partial charge in [0.15, 0.2) is 0 Å². The van der Waals surface area contributed by atoms with Crippen LogP contribution < -0.4 is 0 Å². The van der Waals surface area contributed by atoms with E-state index in [1.807, 2.05) is 0 Å². The van der Waals surface area contributed by atoms with Crippen LogP contribution in [0.15, 0.2) is 11.1 Å². The van der Waals surface area contributed by atoms with Gasteiger partial charge in [-0.15, -0.1) is 0 Å². The predicted octanol–water partition coefficient (Wildman–Crippen LogP) is 2.43. The number of fused-ring (bicyclic) bond motifs is 2. The lowest BCUT2D eigenvalue weighted by molar-refractivity contribution is 0.355. The molecule has 0 N–H and O–H groups in total. The zero-order valence-corrected chi connectivity index (χ0v) is 9.24. The molecular formula is C13H18O2. The van der Waals surface area contributed by atoms with Crippen molar-refractivity contribution in [1.82, 2.24) is 0 Å². The number of rotatable bonds is 1. The summed E-state index contributed by atoms with van der Waals surface area (Å²) >= 11 is 0. The van der Waals surface area contributed by atoms with Crippen LogP contribution in [-0.4, -0.2) is 24.4 Å². The largest absolute Gasteiger partial charge is 0.370 e. The molecule has 5 unspecified atom stereocenters. The topological polar surface area (TPSA) is 25.1 Å². The number of epoxide rings is 2. The molecule has 2 saturated heterocycles. The second-order valence-corrected chi connectivity index (χ2v) is 5.59. The van der Waals surface area contributed by atoms with Crippen molar-refractivity contribution in [3.8, 4) is 0 Å². The smallest absolute Gasteiger partial charge is 0.106 e. The van der Waals surface area contributed by atoms with Gasteiger partial charge in [0.05, 0.1) is 18.3 Å². The minimum atomic E-state index is 0.513. The Morgan fingerprint density at radius 1 is 1.00 bits per heavy atom. The van der Waals surface area contributed by atoms with Gasteiger partial charge in [-0.1, -0.05) is 5.57 Å². The van der Waals surface area contributed by atoms with E-state index in [0.29, 0.717) is 24.4 Å². The molecule has 0 aromatic carbocycles. The van der Waals surface area contributed by atoms with Gasteiger partial charge in [-0.05, 0) is 50.5 Å². The fourth-order valence-corrected chi connectivity index (χ4v) is 3.65. The Hall–Kier alpha value is -0.340. The zero-order valence-electron chi connectivity index (χ0n) is 9.24. The first-order chi connectivity index (χ1) is 7.33. The van der Waals surface area contributed by atoms with Crippen LogP contribution in [0.2, 0.25) is 0 Å². The van der Waals surface area contributed by atoms with Crippen LogP contribution in [0, 0.1) is 5.92 Å². The van der Waals surface area contributed by atoms with Gasteiger partial charge < -0.3 is 9.47 Å². The van der Waals surface area contributed by atoms with Crippen LogP contribution in [0.25, 0.3) is 0 Å². The second-order valence-electron chi connectivity index (χ2n) is 5.59. The standard InChI is InChI=1S/C13H18O2/c1-7-2-4-10-13(15-10)12(7)8-3-5-9-11(6-8)14-9/h8-11,13H,2-6H2,1H3. The number of allylic oxidation sites excluding steroid dienone is 1. The molecule has 4 rings (SSSR count). The lowest BCUT2D eigenvalue weighted by Crippen LogP contribution is -2.22. The maximum absolute atomic E-state index is 5.76. The number of hydrogen-bond acceptors (Lipinski definition) is 2. The molecule has 1 saturated carbocycles. The fraction of sp³-hybridized carbons (Fsp3) is 0.846. The monoisotopic (exact) mass is 206 g/mol. The lowest BCUT2D eigenvalue weighted by atomic mass is 9.77. The summed E-state index contributed by atoms with van der Waals surface area (Å²) in [5.41, 5.74) is 3.29. The molecule has 0 aromatic rings. The van der Waals surface area contributed by atoms with E-state index >= 15 is 0 Å². The first-order valence-electron chi connectivity index (χ1n) is 6.33. The highest BCUT2D eigenvalue weighted by Gasteiger charge is 2.51. The van der Waals surface area contributed by atoms with Gasteiger partial charge in [-0.25, -0.2) is 0 Å². The Morgan fingerprint density at radius 2 is 1.93 bits per heavy atom. The third-order valence-electron chi connectivity index (χ3n) is 4.63. The molecular weight excluding hydrogens is 188 g/mol. The normalized spacial score (nSPS) is 52.2. The SMILES string of the molecule is CC1=C(C2CCC3OC3C2)C2OC2CC1. The van der Waals surface area contributed by atoms with Crippen molar-refractivity contribution in [2.75, 3.05) is 0 Å². The van der Waals surface area contributed by atoms with Crippen molar-refractivity contribution in [2.24, 2.45) is 5.92 Å². The molecule has 0 amide bonds. The Balaban J connectivity index is 1.59. The minimum absolute atomic E-state index is 0.513. The molecule has 4 aliphatic rings. The van der Waals surface area contributed by atoms with Crippen LogP contribution >= 0.6 is 0 Å². The van der Waals surface area contributed by atoms with E-state index in [1.54, 1.807) is 11.1 Å². The molecule has 0 radical (unpaired) electrons. The van der Waals surface area contributed by atoms with E-state index in [4.69, 9.17) is 9.47 Å². The van der Waals surface area contributed by atoms with Gasteiger partial charge in [0.1, 0.15) is 6.10 Å². The summed E-state index contributed by atoms with van der Waals surface area (Å²) in [6, 6.07) is 0. The predicted molar refractivity (Wildman–Crippen MR) is 56.6 cm³/mol. The summed E-state index contributed by atoms with van der Waals surface area (Å²) in [7, 11) is 0. The van der Waals surface area contributed by atoms with Gasteiger partial charge in [0.2, 0.25) is 0 Å². The Bertz CT molecular complexity index is 333. The van der Waals surface area contributed by atoms with E-state index in [1.165, 1.54) is 32.1 Å². The lowest BCUT2D eigenvalue weighted by Gasteiger charge is -2.25. The molecule has 0 bridgehead atoms. The van der Waals surface area contributed by atoms with Crippen LogP contribution in [0.4, 0.5) is 0 Å². The summed E-state index contributed by atoms with van der Waals surface area (Å²) in [4.78, 5) is 0. The Kier molecular flexibility index (Phi) is 1.67. The second kappa shape index (κ2) is 2.86. The molecule has 5 atom stereocenters. The molecule has 2 nitrogen and oxygen atoms in total. The van der Waals surface area contributed by atoms with Gasteiger partial charge in [-0.2, -0.15) is 0 Å². The third-order valence-corrected chi connectivity index (χ3v) is 4.63. The molecule has 0 spiro atoms. The molecule has 2 aliphatic heterocycles. The van der Waals surface area contributed by atoms with E-state index in [2.05, 4.69) is 6.92 Å². The van der Waals surface area contributed by atoms with Crippen molar-refractivity contribution in [2.45, 2.75) is 63.4 Å². The summed E-state index contributed by atoms with van der Waals surface area (Å²) < 4.78 is 11.4. The van der Waals surface area contributed by atoms with Crippen LogP contribution in [-0.2, 0) is 9.47 Å². The van der Waals surface area contributed by atoms with Crippen LogP contribution in [0.1, 0.15) is 39.0 Å². The van der Waals surface area contributed by atoms with Crippen molar-refractivity contribution >= 4 is 0 Å². The molecule has 2 heteroatoms. The summed E-state index contributed by atoms with van der Waals surface area (Å²) in [5.74, 6) is 0.782. The first-order valence-corrected chi connectivity index (χ1v) is 6.33. The summed E-state index contributed by atoms with van der Waals surface area (Å²) in [5, 5.41) is 0. The molecule has 82 valence electrons. The summed E-state index contributed by atoms with van der Waals surface area (Å²) in [6.07, 6.45) is 8.73. The molecule has 2 heterocycles. The van der Waals surface area contributed by atoms with E-state index in [0.717, 1.165) is 5.92 Å². The quantitative estimate of drug-likeness (QED) is 0.486. The molecule has 15 heavy (non-hydrogen) atoms. The maximum atomic E-state index is 5.76. The molecule has 0 aromatic heterocycles. The van der Waals surface area contributed by atoms with Crippen molar-refractivity contribution in [1.29, 1.82) is 0 Å². The highest BCUT2D eigenvalue weighted by Crippen LogP contribution is 2.50. The van der Waals surface area contributed by atoms with Gasteiger partial charge in [0.25, 0.3) is 0 Å². The first kappa shape index (κ1) is 8.77. The summed E-state index contributed by atoms with van der Waals surface area (Å²) in [6.45, 7) is 2.31. The molecule has 3 fully saturated rings. The van der Waals surface area contributed by atoms with Crippen LogP contribution in [0.5, 0.6) is 0 Å². The Morgan fingerprint density at radius 3 is 2.80 bits per heavy atom. The van der Waals surface area contributed by atoms with Gasteiger partial charge in [0, 0.05) is 0 Å². The zero-order chi connectivity index (χ0) is 9.99. The van der Waals surface area contributed by atoms with E-state index < -0.39 is 0 Å². The van der Waals surface area contributed by atoms with Gasteiger partial charge >= 0.3 is 0 Å². The highest BCUT2D eigenvalue weighted by atomic mass is 16.6. The van der Waals surface area contributed by atoms with Crippen molar-refractivity contribution in [3.63, 3.8) is 0 Å². The van der Waals surface area contributed by atoms with Gasteiger partial charge in [-0.3, -0.25) is 0 Å². The minimum Gasteiger partial charge on any atom is -0.370 e. The molecule has 2 aliphatic carbocycles. The number of hydrogen-bond donors (Lipinski definition) is 0. The van der Waals surface area contributed by atoms with Crippen LogP contribution in [0.3, 0.4) is 0 Å². The maximum Gasteiger partial charge on any atom is 0.106 e. The van der Waals surface area contributed by atoms with E-state index in [-0.39, 0.29) is 0 Å². The fourth-order valence-electron chi connectivity index (χ4n) is 3.65.